The van der Waals surface area contributed by atoms with Gasteiger partial charge in [0.2, 0.25) is 11.0 Å². The van der Waals surface area contributed by atoms with Crippen LogP contribution in [0.25, 0.3) is 0 Å². The minimum absolute atomic E-state index is 0.0896. The van der Waals surface area contributed by atoms with Crippen LogP contribution in [0.15, 0.2) is 0 Å². The number of nitrogens with two attached hydrogens (primary N) is 1. The Labute approximate surface area is 131 Å². The summed E-state index contributed by atoms with van der Waals surface area (Å²) in [6.45, 7) is 3.02. The van der Waals surface area contributed by atoms with Crippen LogP contribution >= 0.6 is 11.3 Å². The molecule has 1 heterocycles. The van der Waals surface area contributed by atoms with Gasteiger partial charge in [0.1, 0.15) is 5.01 Å². The maximum atomic E-state index is 11.6. The molecule has 120 valence electrons. The number of unbranched alkanes of at least 4 members (excludes halogenated alkanes) is 7. The Hall–Kier alpha value is -1.17. The van der Waals surface area contributed by atoms with Gasteiger partial charge in [0, 0.05) is 19.4 Å². The van der Waals surface area contributed by atoms with Gasteiger partial charge in [0.05, 0.1) is 0 Å². The van der Waals surface area contributed by atoms with Gasteiger partial charge in [-0.3, -0.25) is 4.79 Å². The average molecular weight is 312 g/mol. The fourth-order valence-corrected chi connectivity index (χ4v) is 2.77. The lowest BCUT2D eigenvalue weighted by molar-refractivity contribution is -0.121. The van der Waals surface area contributed by atoms with Crippen LogP contribution < -0.4 is 11.1 Å². The molecule has 0 radical (unpaired) electrons. The molecule has 0 aliphatic carbocycles. The van der Waals surface area contributed by atoms with E-state index in [1.807, 2.05) is 0 Å². The van der Waals surface area contributed by atoms with E-state index in [4.69, 9.17) is 5.73 Å². The van der Waals surface area contributed by atoms with Gasteiger partial charge >= 0.3 is 0 Å². The normalized spacial score (nSPS) is 10.7. The third kappa shape index (κ3) is 9.39. The number of nitrogens with zero attached hydrogens (tertiary/aromatic N) is 2. The second-order valence-corrected chi connectivity index (χ2v) is 6.45. The van der Waals surface area contributed by atoms with E-state index in [1.165, 1.54) is 56.3 Å². The number of nitrogens with one attached hydrogen (secondary N) is 1. The molecule has 0 fully saturated rings. The van der Waals surface area contributed by atoms with Crippen LogP contribution in [0.3, 0.4) is 0 Å². The molecule has 21 heavy (non-hydrogen) atoms. The van der Waals surface area contributed by atoms with Gasteiger partial charge in [0.25, 0.3) is 0 Å². The molecule has 0 aliphatic heterocycles. The van der Waals surface area contributed by atoms with Gasteiger partial charge in [-0.05, 0) is 6.42 Å². The molecule has 0 aromatic carbocycles. The van der Waals surface area contributed by atoms with Crippen molar-refractivity contribution in [2.45, 2.75) is 71.1 Å². The van der Waals surface area contributed by atoms with Gasteiger partial charge in [-0.25, -0.2) is 0 Å². The number of aromatic nitrogens is 2. The van der Waals surface area contributed by atoms with Crippen LogP contribution in [0.2, 0.25) is 0 Å². The maximum Gasteiger partial charge on any atom is 0.220 e. The summed E-state index contributed by atoms with van der Waals surface area (Å²) in [6, 6.07) is 0. The molecule has 0 unspecified atom stereocenters. The molecule has 0 atom stereocenters. The van der Waals surface area contributed by atoms with Gasteiger partial charge < -0.3 is 11.1 Å². The maximum absolute atomic E-state index is 11.6. The summed E-state index contributed by atoms with van der Waals surface area (Å²) < 4.78 is 0. The van der Waals surface area contributed by atoms with E-state index in [-0.39, 0.29) is 5.91 Å². The molecule has 0 aliphatic rings. The first-order valence-corrected chi connectivity index (χ1v) is 8.88. The van der Waals surface area contributed by atoms with Crippen molar-refractivity contribution in [1.82, 2.24) is 15.5 Å². The van der Waals surface area contributed by atoms with E-state index < -0.39 is 0 Å². The van der Waals surface area contributed by atoms with Crippen molar-refractivity contribution < 1.29 is 4.79 Å². The SMILES string of the molecule is CCCCCCCCCCNC(=O)CCc1nnc(N)s1. The van der Waals surface area contributed by atoms with Crippen LogP contribution in [0.1, 0.15) is 69.7 Å². The number of carbonyl (C=O) groups excluding carboxylic acids is 1. The summed E-state index contributed by atoms with van der Waals surface area (Å²) >= 11 is 1.35. The number of hydrogen-bond donors (Lipinski definition) is 2. The van der Waals surface area contributed by atoms with Crippen molar-refractivity contribution in [3.05, 3.63) is 5.01 Å². The van der Waals surface area contributed by atoms with Crippen molar-refractivity contribution in [2.75, 3.05) is 12.3 Å². The lowest BCUT2D eigenvalue weighted by Crippen LogP contribution is -2.24. The molecule has 0 bridgehead atoms. The minimum atomic E-state index is 0.0896. The fourth-order valence-electron chi connectivity index (χ4n) is 2.16. The number of amides is 1. The second kappa shape index (κ2) is 11.5. The number of rotatable bonds is 12. The topological polar surface area (TPSA) is 80.9 Å². The lowest BCUT2D eigenvalue weighted by atomic mass is 10.1. The Balaban J connectivity index is 1.89. The van der Waals surface area contributed by atoms with Gasteiger partial charge in [-0.15, -0.1) is 10.2 Å². The third-order valence-corrected chi connectivity index (χ3v) is 4.21. The van der Waals surface area contributed by atoms with E-state index in [0.717, 1.165) is 18.0 Å². The van der Waals surface area contributed by atoms with Gasteiger partial charge in [0.15, 0.2) is 0 Å². The van der Waals surface area contributed by atoms with E-state index in [1.54, 1.807) is 0 Å². The highest BCUT2D eigenvalue weighted by molar-refractivity contribution is 7.15. The summed E-state index contributed by atoms with van der Waals surface area (Å²) in [5.41, 5.74) is 5.49. The fraction of sp³-hybridized carbons (Fsp3) is 0.800. The van der Waals surface area contributed by atoms with Crippen LogP contribution in [-0.4, -0.2) is 22.6 Å². The van der Waals surface area contributed by atoms with Crippen molar-refractivity contribution in [1.29, 1.82) is 0 Å². The molecule has 5 nitrogen and oxygen atoms in total. The molecular weight excluding hydrogens is 284 g/mol. The summed E-state index contributed by atoms with van der Waals surface area (Å²) in [5, 5.41) is 11.9. The van der Waals surface area contributed by atoms with Crippen molar-refractivity contribution >= 4 is 22.4 Å². The first-order valence-electron chi connectivity index (χ1n) is 8.07. The number of aryl methyl sites for hydroxylation is 1. The molecule has 1 aromatic heterocycles. The van der Waals surface area contributed by atoms with Crippen molar-refractivity contribution in [2.24, 2.45) is 0 Å². The number of hydrogen-bond acceptors (Lipinski definition) is 5. The first-order chi connectivity index (χ1) is 10.2. The summed E-state index contributed by atoms with van der Waals surface area (Å²) in [5.74, 6) is 0.0896. The van der Waals surface area contributed by atoms with Gasteiger partial charge in [-0.1, -0.05) is 63.2 Å². The Morgan fingerprint density at radius 1 is 1.10 bits per heavy atom. The van der Waals surface area contributed by atoms with Crippen molar-refractivity contribution in [3.63, 3.8) is 0 Å². The number of carbonyl (C=O) groups is 1. The monoisotopic (exact) mass is 312 g/mol. The summed E-state index contributed by atoms with van der Waals surface area (Å²) in [6.07, 6.45) is 11.4. The van der Waals surface area contributed by atoms with Gasteiger partial charge in [-0.2, -0.15) is 0 Å². The smallest absolute Gasteiger partial charge is 0.220 e. The largest absolute Gasteiger partial charge is 0.374 e. The van der Waals surface area contributed by atoms with E-state index in [2.05, 4.69) is 22.4 Å². The predicted molar refractivity (Wildman–Crippen MR) is 88.3 cm³/mol. The zero-order valence-electron chi connectivity index (χ0n) is 13.1. The molecule has 0 saturated carbocycles. The Morgan fingerprint density at radius 3 is 2.38 bits per heavy atom. The number of nitrogen functional groups attached to an aromatic ring is 1. The zero-order chi connectivity index (χ0) is 15.3. The quantitative estimate of drug-likeness (QED) is 0.580. The molecule has 3 N–H and O–H groups in total. The Bertz CT molecular complexity index is 395. The van der Waals surface area contributed by atoms with E-state index in [0.29, 0.717) is 18.0 Å². The van der Waals surface area contributed by atoms with Crippen LogP contribution in [0.5, 0.6) is 0 Å². The summed E-state index contributed by atoms with van der Waals surface area (Å²) in [4.78, 5) is 11.6. The molecule has 0 spiro atoms. The highest BCUT2D eigenvalue weighted by Gasteiger charge is 2.05. The second-order valence-electron chi connectivity index (χ2n) is 5.36. The first kappa shape index (κ1) is 17.9. The number of anilines is 1. The molecule has 1 rings (SSSR count). The third-order valence-electron chi connectivity index (χ3n) is 3.40. The highest BCUT2D eigenvalue weighted by atomic mass is 32.1. The summed E-state index contributed by atoms with van der Waals surface area (Å²) in [7, 11) is 0. The Kier molecular flexibility index (Phi) is 9.78. The van der Waals surface area contributed by atoms with E-state index in [9.17, 15) is 4.79 Å². The zero-order valence-corrected chi connectivity index (χ0v) is 13.9. The molecule has 1 amide bonds. The predicted octanol–water partition coefficient (Wildman–Crippen LogP) is 3.31. The van der Waals surface area contributed by atoms with Crippen LogP contribution in [0.4, 0.5) is 5.13 Å². The lowest BCUT2D eigenvalue weighted by Gasteiger charge is -2.04. The van der Waals surface area contributed by atoms with Crippen LogP contribution in [0, 0.1) is 0 Å². The molecule has 0 saturated heterocycles. The average Bonchev–Trinajstić information content (AvgIpc) is 2.89. The standard InChI is InChI=1S/C15H28N4OS/c1-2-3-4-5-6-7-8-9-12-17-13(20)10-11-14-18-19-15(16)21-14/h2-12H2,1H3,(H2,16,19)(H,17,20). The molecule has 1 aromatic rings. The van der Waals surface area contributed by atoms with Crippen LogP contribution in [-0.2, 0) is 11.2 Å². The highest BCUT2D eigenvalue weighted by Crippen LogP contribution is 2.12. The molecular formula is C15H28N4OS. The van der Waals surface area contributed by atoms with Crippen molar-refractivity contribution in [3.8, 4) is 0 Å². The molecule has 6 heteroatoms. The minimum Gasteiger partial charge on any atom is -0.374 e. The van der Waals surface area contributed by atoms with E-state index >= 15 is 0 Å². The Morgan fingerprint density at radius 2 is 1.76 bits per heavy atom.